The number of morpholine rings is 1. The average Bonchev–Trinajstić information content (AvgIpc) is 3.00. The molecule has 1 fully saturated rings. The molecule has 7 nitrogen and oxygen atoms in total. The number of nitrogens with one attached hydrogen (secondary N) is 1. The number of anilines is 2. The second-order valence-electron chi connectivity index (χ2n) is 6.80. The maximum atomic E-state index is 12.7. The number of hydrogen-bond acceptors (Lipinski definition) is 4. The molecule has 0 spiro atoms. The summed E-state index contributed by atoms with van der Waals surface area (Å²) in [5, 5.41) is 2.89. The molecule has 3 aromatic rings. The molecule has 7 heteroatoms. The highest BCUT2D eigenvalue weighted by Gasteiger charge is 2.15. The van der Waals surface area contributed by atoms with E-state index in [1.165, 1.54) is 4.57 Å². The second-order valence-corrected chi connectivity index (χ2v) is 6.80. The fraction of sp³-hybridized carbons (Fsp3) is 0.333. The maximum Gasteiger partial charge on any atom is 0.329 e. The van der Waals surface area contributed by atoms with Gasteiger partial charge in [-0.25, -0.2) is 4.79 Å². The van der Waals surface area contributed by atoms with Gasteiger partial charge in [0.2, 0.25) is 5.91 Å². The Bertz CT molecular complexity index is 1030. The maximum absolute atomic E-state index is 12.7. The number of rotatable bonds is 5. The zero-order valence-electron chi connectivity index (χ0n) is 15.9. The number of aryl methyl sites for hydroxylation is 1. The SMILES string of the molecule is CCn1c(=O)n(CC(=O)Nc2ccc(N3CCOCC3)cc2)c2ccccc21. The fourth-order valence-corrected chi connectivity index (χ4v) is 3.65. The largest absolute Gasteiger partial charge is 0.378 e. The molecule has 0 unspecified atom stereocenters. The third-order valence-electron chi connectivity index (χ3n) is 5.07. The molecule has 2 heterocycles. The van der Waals surface area contributed by atoms with Crippen molar-refractivity contribution in [2.45, 2.75) is 20.0 Å². The van der Waals surface area contributed by atoms with Crippen molar-refractivity contribution in [3.63, 3.8) is 0 Å². The molecule has 1 N–H and O–H groups in total. The van der Waals surface area contributed by atoms with Crippen LogP contribution in [0.4, 0.5) is 11.4 Å². The normalized spacial score (nSPS) is 14.4. The van der Waals surface area contributed by atoms with Crippen molar-refractivity contribution in [1.82, 2.24) is 9.13 Å². The van der Waals surface area contributed by atoms with Crippen LogP contribution >= 0.6 is 0 Å². The molecule has 4 rings (SSSR count). The number of carbonyl (C=O) groups is 1. The van der Waals surface area contributed by atoms with Crippen LogP contribution in [0.1, 0.15) is 6.92 Å². The Hall–Kier alpha value is -3.06. The molecule has 2 aromatic carbocycles. The Morgan fingerprint density at radius 3 is 2.29 bits per heavy atom. The van der Waals surface area contributed by atoms with E-state index in [4.69, 9.17) is 4.74 Å². The summed E-state index contributed by atoms with van der Waals surface area (Å²) in [7, 11) is 0. The summed E-state index contributed by atoms with van der Waals surface area (Å²) in [4.78, 5) is 27.5. The lowest BCUT2D eigenvalue weighted by molar-refractivity contribution is -0.116. The summed E-state index contributed by atoms with van der Waals surface area (Å²) in [5.41, 5.74) is 3.28. The molecule has 1 aromatic heterocycles. The molecule has 1 aliphatic heterocycles. The third-order valence-corrected chi connectivity index (χ3v) is 5.07. The molecular formula is C21H24N4O3. The first kappa shape index (κ1) is 18.3. The number of benzene rings is 2. The summed E-state index contributed by atoms with van der Waals surface area (Å²) in [5.74, 6) is -0.222. The van der Waals surface area contributed by atoms with Crippen LogP contribution in [0.25, 0.3) is 11.0 Å². The Balaban J connectivity index is 1.48. The standard InChI is InChI=1S/C21H24N4O3/c1-2-24-18-5-3-4-6-19(18)25(21(24)27)15-20(26)22-16-7-9-17(10-8-16)23-11-13-28-14-12-23/h3-10H,2,11-15H2,1H3,(H,22,26). The van der Waals surface area contributed by atoms with Crippen molar-refractivity contribution >= 4 is 28.3 Å². The Kier molecular flexibility index (Phi) is 5.16. The number of imidazole rings is 1. The van der Waals surface area contributed by atoms with E-state index < -0.39 is 0 Å². The lowest BCUT2D eigenvalue weighted by Gasteiger charge is -2.28. The van der Waals surface area contributed by atoms with Gasteiger partial charge in [-0.2, -0.15) is 0 Å². The fourth-order valence-electron chi connectivity index (χ4n) is 3.65. The Morgan fingerprint density at radius 1 is 1.00 bits per heavy atom. The number of amides is 1. The highest BCUT2D eigenvalue weighted by atomic mass is 16.5. The minimum absolute atomic E-state index is 0.0163. The molecule has 1 saturated heterocycles. The molecule has 0 radical (unpaired) electrons. The monoisotopic (exact) mass is 380 g/mol. The van der Waals surface area contributed by atoms with Gasteiger partial charge < -0.3 is 15.0 Å². The van der Waals surface area contributed by atoms with E-state index in [-0.39, 0.29) is 18.1 Å². The van der Waals surface area contributed by atoms with Crippen molar-refractivity contribution in [1.29, 1.82) is 0 Å². The first-order chi connectivity index (χ1) is 13.7. The molecule has 1 amide bonds. The molecule has 0 saturated carbocycles. The molecule has 0 atom stereocenters. The van der Waals surface area contributed by atoms with E-state index in [1.54, 1.807) is 4.57 Å². The van der Waals surface area contributed by atoms with Crippen molar-refractivity contribution in [2.75, 3.05) is 36.5 Å². The Labute approximate surface area is 163 Å². The van der Waals surface area contributed by atoms with Crippen LogP contribution in [-0.4, -0.2) is 41.3 Å². The van der Waals surface area contributed by atoms with Gasteiger partial charge in [-0.15, -0.1) is 0 Å². The quantitative estimate of drug-likeness (QED) is 0.738. The second kappa shape index (κ2) is 7.90. The minimum Gasteiger partial charge on any atom is -0.378 e. The van der Waals surface area contributed by atoms with Gasteiger partial charge in [-0.05, 0) is 43.3 Å². The third kappa shape index (κ3) is 3.53. The molecule has 0 bridgehead atoms. The molecule has 0 aliphatic carbocycles. The lowest BCUT2D eigenvalue weighted by atomic mass is 10.2. The van der Waals surface area contributed by atoms with Crippen LogP contribution in [0, 0.1) is 0 Å². The molecule has 1 aliphatic rings. The zero-order chi connectivity index (χ0) is 19.5. The number of ether oxygens (including phenoxy) is 1. The van der Waals surface area contributed by atoms with Crippen molar-refractivity contribution in [3.8, 4) is 0 Å². The van der Waals surface area contributed by atoms with Crippen LogP contribution in [-0.2, 0) is 22.6 Å². The minimum atomic E-state index is -0.222. The smallest absolute Gasteiger partial charge is 0.329 e. The van der Waals surface area contributed by atoms with Gasteiger partial charge >= 0.3 is 5.69 Å². The number of fused-ring (bicyclic) bond motifs is 1. The van der Waals surface area contributed by atoms with Crippen molar-refractivity contribution in [2.24, 2.45) is 0 Å². The van der Waals surface area contributed by atoms with Gasteiger partial charge in [0.25, 0.3) is 0 Å². The van der Waals surface area contributed by atoms with Crippen molar-refractivity contribution in [3.05, 3.63) is 59.0 Å². The van der Waals surface area contributed by atoms with Gasteiger partial charge in [-0.3, -0.25) is 13.9 Å². The first-order valence-electron chi connectivity index (χ1n) is 9.58. The van der Waals surface area contributed by atoms with Gasteiger partial charge in [0.05, 0.1) is 24.2 Å². The van der Waals surface area contributed by atoms with E-state index in [0.29, 0.717) is 12.2 Å². The topological polar surface area (TPSA) is 68.5 Å². The Morgan fingerprint density at radius 2 is 1.64 bits per heavy atom. The van der Waals surface area contributed by atoms with E-state index in [0.717, 1.165) is 43.0 Å². The van der Waals surface area contributed by atoms with Crippen LogP contribution in [0.3, 0.4) is 0 Å². The van der Waals surface area contributed by atoms with E-state index in [1.807, 2.05) is 55.5 Å². The van der Waals surface area contributed by atoms with Crippen LogP contribution in [0.5, 0.6) is 0 Å². The van der Waals surface area contributed by atoms with Gasteiger partial charge in [-0.1, -0.05) is 12.1 Å². The van der Waals surface area contributed by atoms with Crippen LogP contribution in [0.2, 0.25) is 0 Å². The number of aromatic nitrogens is 2. The zero-order valence-corrected chi connectivity index (χ0v) is 15.9. The van der Waals surface area contributed by atoms with Crippen molar-refractivity contribution < 1.29 is 9.53 Å². The highest BCUT2D eigenvalue weighted by Crippen LogP contribution is 2.19. The first-order valence-corrected chi connectivity index (χ1v) is 9.58. The average molecular weight is 380 g/mol. The molecule has 146 valence electrons. The summed E-state index contributed by atoms with van der Waals surface area (Å²) >= 11 is 0. The molecular weight excluding hydrogens is 356 g/mol. The van der Waals surface area contributed by atoms with Gasteiger partial charge in [0.15, 0.2) is 0 Å². The number of nitrogens with zero attached hydrogens (tertiary/aromatic N) is 3. The number of para-hydroxylation sites is 2. The number of carbonyl (C=O) groups excluding carboxylic acids is 1. The highest BCUT2D eigenvalue weighted by molar-refractivity contribution is 5.91. The summed E-state index contributed by atoms with van der Waals surface area (Å²) in [6.07, 6.45) is 0. The van der Waals surface area contributed by atoms with Gasteiger partial charge in [0.1, 0.15) is 6.54 Å². The summed E-state index contributed by atoms with van der Waals surface area (Å²) < 4.78 is 8.58. The van der Waals surface area contributed by atoms with Gasteiger partial charge in [0, 0.05) is 31.0 Å². The number of hydrogen-bond donors (Lipinski definition) is 1. The van der Waals surface area contributed by atoms with E-state index in [9.17, 15) is 9.59 Å². The van der Waals surface area contributed by atoms with Crippen LogP contribution < -0.4 is 15.9 Å². The van der Waals surface area contributed by atoms with E-state index >= 15 is 0 Å². The summed E-state index contributed by atoms with van der Waals surface area (Å²) in [6.45, 7) is 5.69. The predicted molar refractivity (Wildman–Crippen MR) is 110 cm³/mol. The predicted octanol–water partition coefficient (Wildman–Crippen LogP) is 2.30. The van der Waals surface area contributed by atoms with E-state index in [2.05, 4.69) is 10.2 Å². The summed E-state index contributed by atoms with van der Waals surface area (Å²) in [6, 6.07) is 15.3. The lowest BCUT2D eigenvalue weighted by Crippen LogP contribution is -2.36. The molecule has 28 heavy (non-hydrogen) atoms. The van der Waals surface area contributed by atoms with Crippen LogP contribution in [0.15, 0.2) is 53.3 Å².